The molecule has 3 heteroatoms. The predicted molar refractivity (Wildman–Crippen MR) is 93.1 cm³/mol. The van der Waals surface area contributed by atoms with Gasteiger partial charge in [-0.05, 0) is 35.1 Å². The molecular formula is C19H24O2Si. The molecule has 2 nitrogen and oxygen atoms in total. The van der Waals surface area contributed by atoms with Gasteiger partial charge in [0.05, 0.1) is 13.2 Å². The SMILES string of the molecule is C[Si](C)(C)C#CCC1=C(C2OCCO2)CCc2ccccc21. The van der Waals surface area contributed by atoms with Crippen molar-refractivity contribution in [1.29, 1.82) is 0 Å². The van der Waals surface area contributed by atoms with E-state index in [4.69, 9.17) is 9.47 Å². The van der Waals surface area contributed by atoms with Crippen molar-refractivity contribution in [2.75, 3.05) is 13.2 Å². The van der Waals surface area contributed by atoms with Crippen LogP contribution in [-0.4, -0.2) is 27.6 Å². The molecule has 0 radical (unpaired) electrons. The van der Waals surface area contributed by atoms with E-state index in [1.165, 1.54) is 22.3 Å². The zero-order valence-corrected chi connectivity index (χ0v) is 14.7. The summed E-state index contributed by atoms with van der Waals surface area (Å²) in [6.45, 7) is 8.25. The Morgan fingerprint density at radius 1 is 1.09 bits per heavy atom. The summed E-state index contributed by atoms with van der Waals surface area (Å²) in [5.74, 6) is 3.43. The van der Waals surface area contributed by atoms with E-state index in [9.17, 15) is 0 Å². The fourth-order valence-corrected chi connectivity index (χ4v) is 3.67. The van der Waals surface area contributed by atoms with E-state index in [0.717, 1.165) is 19.3 Å². The number of rotatable bonds is 2. The molecule has 1 aromatic carbocycles. The van der Waals surface area contributed by atoms with Gasteiger partial charge in [-0.25, -0.2) is 0 Å². The molecule has 1 aliphatic carbocycles. The number of ether oxygens (including phenoxy) is 2. The zero-order valence-electron chi connectivity index (χ0n) is 13.7. The van der Waals surface area contributed by atoms with Crippen LogP contribution in [0.3, 0.4) is 0 Å². The number of allylic oxidation sites excluding steroid dienone is 1. The van der Waals surface area contributed by atoms with Crippen LogP contribution in [0.2, 0.25) is 19.6 Å². The molecule has 3 rings (SSSR count). The molecule has 1 aromatic rings. The molecule has 1 heterocycles. The molecule has 0 unspecified atom stereocenters. The van der Waals surface area contributed by atoms with Crippen molar-refractivity contribution in [2.45, 2.75) is 45.2 Å². The molecule has 0 spiro atoms. The molecule has 0 saturated carbocycles. The molecule has 0 N–H and O–H groups in total. The molecular weight excluding hydrogens is 288 g/mol. The third-order valence-corrected chi connectivity index (χ3v) is 4.96. The maximum Gasteiger partial charge on any atom is 0.180 e. The van der Waals surface area contributed by atoms with E-state index in [0.29, 0.717) is 13.2 Å². The molecule has 1 fully saturated rings. The number of hydrogen-bond acceptors (Lipinski definition) is 2. The molecule has 0 aromatic heterocycles. The van der Waals surface area contributed by atoms with E-state index in [1.807, 2.05) is 0 Å². The minimum Gasteiger partial charge on any atom is -0.346 e. The lowest BCUT2D eigenvalue weighted by Crippen LogP contribution is -2.18. The summed E-state index contributed by atoms with van der Waals surface area (Å²) in [4.78, 5) is 0. The summed E-state index contributed by atoms with van der Waals surface area (Å²) in [5, 5.41) is 0. The van der Waals surface area contributed by atoms with Crippen LogP contribution in [0.15, 0.2) is 29.8 Å². The number of benzene rings is 1. The topological polar surface area (TPSA) is 18.5 Å². The molecule has 1 aliphatic heterocycles. The van der Waals surface area contributed by atoms with Gasteiger partial charge >= 0.3 is 0 Å². The highest BCUT2D eigenvalue weighted by Crippen LogP contribution is 2.36. The average Bonchev–Trinajstić information content (AvgIpc) is 3.00. The van der Waals surface area contributed by atoms with Crippen molar-refractivity contribution in [1.82, 2.24) is 0 Å². The van der Waals surface area contributed by atoms with Crippen molar-refractivity contribution in [2.24, 2.45) is 0 Å². The Bertz CT molecular complexity index is 637. The van der Waals surface area contributed by atoms with Crippen molar-refractivity contribution >= 4 is 13.6 Å². The monoisotopic (exact) mass is 312 g/mol. The minimum atomic E-state index is -1.33. The van der Waals surface area contributed by atoms with E-state index in [2.05, 4.69) is 55.4 Å². The fraction of sp³-hybridized carbons (Fsp3) is 0.474. The second-order valence-electron chi connectivity index (χ2n) is 6.96. The highest BCUT2D eigenvalue weighted by atomic mass is 28.3. The quantitative estimate of drug-likeness (QED) is 0.606. The third kappa shape index (κ3) is 3.52. The molecule has 116 valence electrons. The van der Waals surface area contributed by atoms with Gasteiger partial charge in [0.15, 0.2) is 6.29 Å². The molecule has 1 saturated heterocycles. The third-order valence-electron chi connectivity index (χ3n) is 4.03. The highest BCUT2D eigenvalue weighted by molar-refractivity contribution is 6.83. The van der Waals surface area contributed by atoms with Crippen molar-refractivity contribution in [3.63, 3.8) is 0 Å². The average molecular weight is 312 g/mol. The Kier molecular flexibility index (Phi) is 4.53. The van der Waals surface area contributed by atoms with Crippen molar-refractivity contribution in [3.8, 4) is 11.5 Å². The first-order chi connectivity index (χ1) is 10.5. The van der Waals surface area contributed by atoms with Gasteiger partial charge in [-0.1, -0.05) is 43.9 Å². The molecule has 0 bridgehead atoms. The summed E-state index contributed by atoms with van der Waals surface area (Å²) in [7, 11) is -1.33. The van der Waals surface area contributed by atoms with Crippen LogP contribution < -0.4 is 0 Å². The summed E-state index contributed by atoms with van der Waals surface area (Å²) < 4.78 is 11.5. The van der Waals surface area contributed by atoms with Crippen LogP contribution in [0.1, 0.15) is 24.0 Å². The first-order valence-corrected chi connectivity index (χ1v) is 11.6. The van der Waals surface area contributed by atoms with Crippen LogP contribution in [-0.2, 0) is 15.9 Å². The molecule has 0 atom stereocenters. The van der Waals surface area contributed by atoms with Crippen molar-refractivity contribution in [3.05, 3.63) is 41.0 Å². The first-order valence-electron chi connectivity index (χ1n) is 8.08. The largest absolute Gasteiger partial charge is 0.346 e. The van der Waals surface area contributed by atoms with Gasteiger partial charge in [0.25, 0.3) is 0 Å². The van der Waals surface area contributed by atoms with Gasteiger partial charge in [0.2, 0.25) is 0 Å². The highest BCUT2D eigenvalue weighted by Gasteiger charge is 2.27. The van der Waals surface area contributed by atoms with E-state index < -0.39 is 8.07 Å². The van der Waals surface area contributed by atoms with Crippen LogP contribution >= 0.6 is 0 Å². The smallest absolute Gasteiger partial charge is 0.180 e. The first kappa shape index (κ1) is 15.5. The standard InChI is InChI=1S/C19H24O2Si/c1-22(2,3)14-6-9-17-16-8-5-4-7-15(16)10-11-18(17)19-20-12-13-21-19/h4-5,7-8,19H,9-13H2,1-3H3. The Balaban J connectivity index is 1.97. The Labute approximate surface area is 134 Å². The maximum atomic E-state index is 5.77. The van der Waals surface area contributed by atoms with Gasteiger partial charge in [-0.3, -0.25) is 0 Å². The summed E-state index contributed by atoms with van der Waals surface area (Å²) in [6, 6.07) is 8.69. The molecule has 22 heavy (non-hydrogen) atoms. The zero-order chi connectivity index (χ0) is 15.6. The van der Waals surface area contributed by atoms with Crippen LogP contribution in [0.25, 0.3) is 5.57 Å². The lowest BCUT2D eigenvalue weighted by atomic mass is 9.84. The Morgan fingerprint density at radius 2 is 1.82 bits per heavy atom. The van der Waals surface area contributed by atoms with E-state index in [-0.39, 0.29) is 6.29 Å². The van der Waals surface area contributed by atoms with Crippen LogP contribution in [0, 0.1) is 11.5 Å². The van der Waals surface area contributed by atoms with Gasteiger partial charge in [-0.2, -0.15) is 0 Å². The van der Waals surface area contributed by atoms with Gasteiger partial charge < -0.3 is 9.47 Å². The summed E-state index contributed by atoms with van der Waals surface area (Å²) in [6.07, 6.45) is 2.74. The van der Waals surface area contributed by atoms with Crippen molar-refractivity contribution < 1.29 is 9.47 Å². The van der Waals surface area contributed by atoms with Crippen LogP contribution in [0.4, 0.5) is 0 Å². The van der Waals surface area contributed by atoms with E-state index >= 15 is 0 Å². The van der Waals surface area contributed by atoms with Gasteiger partial charge in [0.1, 0.15) is 8.07 Å². The number of hydrogen-bond donors (Lipinski definition) is 0. The number of aryl methyl sites for hydroxylation is 1. The maximum absolute atomic E-state index is 5.77. The Morgan fingerprint density at radius 3 is 2.55 bits per heavy atom. The lowest BCUT2D eigenvalue weighted by Gasteiger charge is -2.25. The minimum absolute atomic E-state index is 0.156. The number of fused-ring (bicyclic) bond motifs is 1. The Hall–Kier alpha value is -1.34. The van der Waals surface area contributed by atoms with Gasteiger partial charge in [-0.15, -0.1) is 11.5 Å². The summed E-state index contributed by atoms with van der Waals surface area (Å²) >= 11 is 0. The van der Waals surface area contributed by atoms with Gasteiger partial charge in [0, 0.05) is 6.42 Å². The predicted octanol–water partition coefficient (Wildman–Crippen LogP) is 4.03. The second kappa shape index (κ2) is 6.42. The van der Waals surface area contributed by atoms with E-state index in [1.54, 1.807) is 0 Å². The summed E-state index contributed by atoms with van der Waals surface area (Å²) in [5.41, 5.74) is 8.89. The second-order valence-corrected chi connectivity index (χ2v) is 11.7. The lowest BCUT2D eigenvalue weighted by molar-refractivity contribution is -0.0131. The molecule has 2 aliphatic rings. The molecule has 0 amide bonds. The van der Waals surface area contributed by atoms with Crippen LogP contribution in [0.5, 0.6) is 0 Å². The normalized spacial score (nSPS) is 18.9. The fourth-order valence-electron chi connectivity index (χ4n) is 3.05.